The van der Waals surface area contributed by atoms with E-state index in [0.29, 0.717) is 35.7 Å². The van der Waals surface area contributed by atoms with Crippen LogP contribution >= 0.6 is 11.6 Å². The molecule has 2 amide bonds. The third kappa shape index (κ3) is 3.02. The Morgan fingerprint density at radius 3 is 2.23 bits per heavy atom. The first-order chi connectivity index (χ1) is 12.6. The SMILES string of the molecule is O=C1c2ccccc2C(=O)N1CCc1cncn1Cc1ccc(Cl)cc1. The van der Waals surface area contributed by atoms with E-state index in [9.17, 15) is 9.59 Å². The number of rotatable bonds is 5. The van der Waals surface area contributed by atoms with Crippen LogP contribution in [0.25, 0.3) is 0 Å². The molecule has 0 fully saturated rings. The Balaban J connectivity index is 1.47. The lowest BCUT2D eigenvalue weighted by atomic mass is 10.1. The number of imide groups is 1. The Bertz CT molecular complexity index is 944. The predicted octanol–water partition coefficient (Wildman–Crippen LogP) is 3.42. The second kappa shape index (κ2) is 6.77. The molecule has 0 saturated heterocycles. The monoisotopic (exact) mass is 365 g/mol. The standard InChI is InChI=1S/C20H16ClN3O2/c21-15-7-5-14(6-8-15)12-23-13-22-11-16(23)9-10-24-19(25)17-3-1-2-4-18(17)20(24)26/h1-8,11,13H,9-10,12H2. The van der Waals surface area contributed by atoms with Gasteiger partial charge in [0.25, 0.3) is 11.8 Å². The third-order valence-corrected chi connectivity index (χ3v) is 4.79. The van der Waals surface area contributed by atoms with Crippen LogP contribution in [0.5, 0.6) is 0 Å². The van der Waals surface area contributed by atoms with Crippen molar-refractivity contribution < 1.29 is 9.59 Å². The minimum Gasteiger partial charge on any atom is -0.330 e. The number of aromatic nitrogens is 2. The number of benzene rings is 2. The van der Waals surface area contributed by atoms with Crippen LogP contribution in [0.1, 0.15) is 32.0 Å². The first-order valence-electron chi connectivity index (χ1n) is 8.32. The summed E-state index contributed by atoms with van der Waals surface area (Å²) < 4.78 is 2.02. The van der Waals surface area contributed by atoms with E-state index in [-0.39, 0.29) is 11.8 Å². The van der Waals surface area contributed by atoms with Gasteiger partial charge in [-0.2, -0.15) is 0 Å². The summed E-state index contributed by atoms with van der Waals surface area (Å²) in [5.41, 5.74) is 3.03. The highest BCUT2D eigenvalue weighted by Gasteiger charge is 2.34. The van der Waals surface area contributed by atoms with Crippen LogP contribution in [-0.4, -0.2) is 32.8 Å². The van der Waals surface area contributed by atoms with Crippen molar-refractivity contribution in [2.24, 2.45) is 0 Å². The molecule has 3 aromatic rings. The number of carbonyl (C=O) groups excluding carboxylic acids is 2. The first-order valence-corrected chi connectivity index (χ1v) is 8.70. The van der Waals surface area contributed by atoms with Crippen molar-refractivity contribution in [1.82, 2.24) is 14.5 Å². The molecule has 2 heterocycles. The second-order valence-corrected chi connectivity index (χ2v) is 6.63. The summed E-state index contributed by atoms with van der Waals surface area (Å²) in [6.07, 6.45) is 4.08. The number of hydrogen-bond acceptors (Lipinski definition) is 3. The summed E-state index contributed by atoms with van der Waals surface area (Å²) in [6.45, 7) is 0.993. The molecule has 0 saturated carbocycles. The summed E-state index contributed by atoms with van der Waals surface area (Å²) >= 11 is 5.92. The van der Waals surface area contributed by atoms with E-state index >= 15 is 0 Å². The van der Waals surface area contributed by atoms with Crippen molar-refractivity contribution in [1.29, 1.82) is 0 Å². The first kappa shape index (κ1) is 16.5. The van der Waals surface area contributed by atoms with Crippen molar-refractivity contribution in [3.8, 4) is 0 Å². The maximum absolute atomic E-state index is 12.4. The topological polar surface area (TPSA) is 55.2 Å². The van der Waals surface area contributed by atoms with Gasteiger partial charge in [-0.1, -0.05) is 35.9 Å². The van der Waals surface area contributed by atoms with Crippen LogP contribution in [0, 0.1) is 0 Å². The molecule has 0 N–H and O–H groups in total. The van der Waals surface area contributed by atoms with E-state index < -0.39 is 0 Å². The number of nitrogens with zero attached hydrogens (tertiary/aromatic N) is 3. The van der Waals surface area contributed by atoms with Crippen LogP contribution in [-0.2, 0) is 13.0 Å². The highest BCUT2D eigenvalue weighted by molar-refractivity contribution is 6.30. The molecule has 4 rings (SSSR count). The average Bonchev–Trinajstić information content (AvgIpc) is 3.19. The zero-order valence-electron chi connectivity index (χ0n) is 13.9. The minimum atomic E-state index is -0.227. The van der Waals surface area contributed by atoms with Crippen LogP contribution in [0.15, 0.2) is 61.1 Å². The van der Waals surface area contributed by atoms with Crippen molar-refractivity contribution in [3.05, 3.63) is 88.5 Å². The van der Waals surface area contributed by atoms with E-state index in [1.165, 1.54) is 4.90 Å². The lowest BCUT2D eigenvalue weighted by Crippen LogP contribution is -2.32. The van der Waals surface area contributed by atoms with Crippen LogP contribution in [0.4, 0.5) is 0 Å². The maximum Gasteiger partial charge on any atom is 0.261 e. The van der Waals surface area contributed by atoms with E-state index in [0.717, 1.165) is 11.3 Å². The molecule has 6 heteroatoms. The molecule has 0 bridgehead atoms. The summed E-state index contributed by atoms with van der Waals surface area (Å²) in [5, 5.41) is 0.699. The van der Waals surface area contributed by atoms with Gasteiger partial charge in [0.2, 0.25) is 0 Å². The van der Waals surface area contributed by atoms with Crippen molar-refractivity contribution in [3.63, 3.8) is 0 Å². The Morgan fingerprint density at radius 1 is 0.923 bits per heavy atom. The van der Waals surface area contributed by atoms with E-state index in [1.54, 1.807) is 36.8 Å². The van der Waals surface area contributed by atoms with Gasteiger partial charge < -0.3 is 4.57 Å². The molecule has 0 radical (unpaired) electrons. The summed E-state index contributed by atoms with van der Waals surface area (Å²) in [6, 6.07) is 14.6. The van der Waals surface area contributed by atoms with Crippen molar-refractivity contribution in [2.75, 3.05) is 6.54 Å². The Morgan fingerprint density at radius 2 is 1.58 bits per heavy atom. The maximum atomic E-state index is 12.4. The van der Waals surface area contributed by atoms with E-state index in [1.807, 2.05) is 28.8 Å². The summed E-state index contributed by atoms with van der Waals surface area (Å²) in [7, 11) is 0. The van der Waals surface area contributed by atoms with E-state index in [2.05, 4.69) is 4.98 Å². The van der Waals surface area contributed by atoms with Crippen LogP contribution < -0.4 is 0 Å². The molecule has 1 aliphatic heterocycles. The van der Waals surface area contributed by atoms with Crippen molar-refractivity contribution >= 4 is 23.4 Å². The molecule has 0 aliphatic carbocycles. The molecule has 130 valence electrons. The fourth-order valence-corrected chi connectivity index (χ4v) is 3.28. The molecule has 1 aromatic heterocycles. The molecular weight excluding hydrogens is 350 g/mol. The summed E-state index contributed by atoms with van der Waals surface area (Å²) in [4.78, 5) is 30.4. The molecule has 5 nitrogen and oxygen atoms in total. The third-order valence-electron chi connectivity index (χ3n) is 4.53. The lowest BCUT2D eigenvalue weighted by molar-refractivity contribution is 0.0655. The molecule has 0 atom stereocenters. The van der Waals surface area contributed by atoms with E-state index in [4.69, 9.17) is 11.6 Å². The van der Waals surface area contributed by atoms with Gasteiger partial charge >= 0.3 is 0 Å². The quantitative estimate of drug-likeness (QED) is 0.651. The number of fused-ring (bicyclic) bond motifs is 1. The predicted molar refractivity (Wildman–Crippen MR) is 98.3 cm³/mol. The smallest absolute Gasteiger partial charge is 0.261 e. The largest absolute Gasteiger partial charge is 0.330 e. The zero-order valence-corrected chi connectivity index (χ0v) is 14.7. The molecular formula is C20H16ClN3O2. The average molecular weight is 366 g/mol. The van der Waals surface area contributed by atoms with Gasteiger partial charge in [-0.05, 0) is 29.8 Å². The minimum absolute atomic E-state index is 0.227. The Kier molecular flexibility index (Phi) is 4.31. The number of imidazole rings is 1. The highest BCUT2D eigenvalue weighted by Crippen LogP contribution is 2.22. The zero-order chi connectivity index (χ0) is 18.1. The van der Waals surface area contributed by atoms with Gasteiger partial charge in [-0.15, -0.1) is 0 Å². The lowest BCUT2D eigenvalue weighted by Gasteiger charge is -2.14. The Hall–Kier alpha value is -2.92. The van der Waals surface area contributed by atoms with Gasteiger partial charge in [0, 0.05) is 36.4 Å². The van der Waals surface area contributed by atoms with Gasteiger partial charge in [0.15, 0.2) is 0 Å². The van der Waals surface area contributed by atoms with Crippen LogP contribution in [0.2, 0.25) is 5.02 Å². The highest BCUT2D eigenvalue weighted by atomic mass is 35.5. The molecule has 2 aromatic carbocycles. The summed E-state index contributed by atoms with van der Waals surface area (Å²) in [5.74, 6) is -0.455. The second-order valence-electron chi connectivity index (χ2n) is 6.20. The number of carbonyl (C=O) groups is 2. The molecule has 0 unspecified atom stereocenters. The molecule has 0 spiro atoms. The number of amides is 2. The van der Waals surface area contributed by atoms with Crippen molar-refractivity contribution in [2.45, 2.75) is 13.0 Å². The van der Waals surface area contributed by atoms with Gasteiger partial charge in [-0.3, -0.25) is 14.5 Å². The van der Waals surface area contributed by atoms with Crippen LogP contribution in [0.3, 0.4) is 0 Å². The number of halogens is 1. The fourth-order valence-electron chi connectivity index (χ4n) is 3.15. The fraction of sp³-hybridized carbons (Fsp3) is 0.150. The van der Waals surface area contributed by atoms with Gasteiger partial charge in [0.1, 0.15) is 0 Å². The Labute approximate surface area is 155 Å². The van der Waals surface area contributed by atoms with Gasteiger partial charge in [0.05, 0.1) is 17.5 Å². The normalized spacial score (nSPS) is 13.3. The molecule has 26 heavy (non-hydrogen) atoms. The molecule has 1 aliphatic rings. The number of hydrogen-bond donors (Lipinski definition) is 0. The van der Waals surface area contributed by atoms with Gasteiger partial charge in [-0.25, -0.2) is 4.98 Å².